The van der Waals surface area contributed by atoms with Gasteiger partial charge in [0.25, 0.3) is 0 Å². The van der Waals surface area contributed by atoms with Gasteiger partial charge in [-0.2, -0.15) is 0 Å². The molecule has 0 unspecified atom stereocenters. The average Bonchev–Trinajstić information content (AvgIpc) is 3.08. The Labute approximate surface area is 161 Å². The summed E-state index contributed by atoms with van der Waals surface area (Å²) in [6.45, 7) is 2.04. The van der Waals surface area contributed by atoms with Crippen LogP contribution in [0, 0.1) is 6.92 Å². The van der Waals surface area contributed by atoms with E-state index in [2.05, 4.69) is 33.5 Å². The highest BCUT2D eigenvalue weighted by Gasteiger charge is 2.08. The van der Waals surface area contributed by atoms with Crippen LogP contribution in [0.5, 0.6) is 11.5 Å². The number of ether oxygens (including phenoxy) is 2. The third-order valence-electron chi connectivity index (χ3n) is 4.21. The van der Waals surface area contributed by atoms with Crippen LogP contribution < -0.4 is 14.8 Å². The smallest absolute Gasteiger partial charge is 0.188 e. The predicted octanol–water partition coefficient (Wildman–Crippen LogP) is 5.43. The molecule has 0 aliphatic heterocycles. The molecule has 0 fully saturated rings. The second-order valence-electron chi connectivity index (χ2n) is 6.18. The van der Waals surface area contributed by atoms with Gasteiger partial charge in [0.15, 0.2) is 5.13 Å². The van der Waals surface area contributed by atoms with E-state index < -0.39 is 0 Å². The number of nitrogens with one attached hydrogen (secondary N) is 1. The largest absolute Gasteiger partial charge is 0.497 e. The highest BCUT2D eigenvalue weighted by atomic mass is 32.1. The molecule has 0 aliphatic rings. The number of fused-ring (bicyclic) bond motifs is 1. The predicted molar refractivity (Wildman–Crippen MR) is 110 cm³/mol. The maximum absolute atomic E-state index is 5.34. The Kier molecular flexibility index (Phi) is 4.64. The molecule has 0 amide bonds. The van der Waals surface area contributed by atoms with Crippen LogP contribution in [0.3, 0.4) is 0 Å². The maximum Gasteiger partial charge on any atom is 0.188 e. The standard InChI is InChI=1S/C21H19N3O2S/c1-13-6-16(10-17(7-13)25-2)23-21-24-19-5-4-14(9-20(19)27-21)15-8-18(26-3)12-22-11-15/h4-12H,1-3H3,(H,23,24). The molecule has 6 heteroatoms. The lowest BCUT2D eigenvalue weighted by atomic mass is 10.1. The zero-order valence-electron chi connectivity index (χ0n) is 15.3. The van der Waals surface area contributed by atoms with E-state index in [9.17, 15) is 0 Å². The maximum atomic E-state index is 5.34. The van der Waals surface area contributed by atoms with Crippen LogP contribution in [-0.2, 0) is 0 Å². The number of aromatic nitrogens is 2. The van der Waals surface area contributed by atoms with Gasteiger partial charge in [0.1, 0.15) is 11.5 Å². The summed E-state index contributed by atoms with van der Waals surface area (Å²) in [5, 5.41) is 4.23. The van der Waals surface area contributed by atoms with Gasteiger partial charge < -0.3 is 14.8 Å². The molecule has 5 nitrogen and oxygen atoms in total. The molecule has 136 valence electrons. The first-order valence-corrected chi connectivity index (χ1v) is 9.29. The van der Waals surface area contributed by atoms with Crippen molar-refractivity contribution < 1.29 is 9.47 Å². The number of benzene rings is 2. The van der Waals surface area contributed by atoms with Crippen LogP contribution in [0.15, 0.2) is 54.9 Å². The molecule has 27 heavy (non-hydrogen) atoms. The molecule has 2 aromatic heterocycles. The lowest BCUT2D eigenvalue weighted by molar-refractivity contribution is 0.413. The molecule has 4 rings (SSSR count). The summed E-state index contributed by atoms with van der Waals surface area (Å²) >= 11 is 1.62. The summed E-state index contributed by atoms with van der Waals surface area (Å²) < 4.78 is 11.7. The minimum atomic E-state index is 0.743. The number of methoxy groups -OCH3 is 2. The van der Waals surface area contributed by atoms with Gasteiger partial charge in [-0.1, -0.05) is 17.4 Å². The molecular formula is C21H19N3O2S. The highest BCUT2D eigenvalue weighted by Crippen LogP contribution is 2.33. The fourth-order valence-corrected chi connectivity index (χ4v) is 3.83. The van der Waals surface area contributed by atoms with Crippen molar-refractivity contribution >= 4 is 32.4 Å². The van der Waals surface area contributed by atoms with E-state index in [0.717, 1.165) is 49.2 Å². The normalized spacial score (nSPS) is 10.8. The van der Waals surface area contributed by atoms with Crippen molar-refractivity contribution in [3.63, 3.8) is 0 Å². The monoisotopic (exact) mass is 377 g/mol. The highest BCUT2D eigenvalue weighted by molar-refractivity contribution is 7.22. The lowest BCUT2D eigenvalue weighted by Crippen LogP contribution is -1.92. The number of nitrogens with zero attached hydrogens (tertiary/aromatic N) is 2. The van der Waals surface area contributed by atoms with Gasteiger partial charge in [0.2, 0.25) is 0 Å². The van der Waals surface area contributed by atoms with Gasteiger partial charge in [0, 0.05) is 23.5 Å². The zero-order valence-corrected chi connectivity index (χ0v) is 16.1. The van der Waals surface area contributed by atoms with Crippen molar-refractivity contribution in [2.45, 2.75) is 6.92 Å². The fourth-order valence-electron chi connectivity index (χ4n) is 2.91. The quantitative estimate of drug-likeness (QED) is 0.503. The number of rotatable bonds is 5. The van der Waals surface area contributed by atoms with Crippen molar-refractivity contribution in [3.05, 3.63) is 60.4 Å². The number of anilines is 2. The summed E-state index contributed by atoms with van der Waals surface area (Å²) in [4.78, 5) is 8.92. The first-order chi connectivity index (χ1) is 13.1. The van der Waals surface area contributed by atoms with Gasteiger partial charge >= 0.3 is 0 Å². The molecule has 1 N–H and O–H groups in total. The van der Waals surface area contributed by atoms with Gasteiger partial charge in [-0.05, 0) is 48.4 Å². The van der Waals surface area contributed by atoms with Crippen LogP contribution in [0.1, 0.15) is 5.56 Å². The summed E-state index contributed by atoms with van der Waals surface area (Å²) in [6.07, 6.45) is 3.54. The minimum Gasteiger partial charge on any atom is -0.497 e. The summed E-state index contributed by atoms with van der Waals surface area (Å²) in [7, 11) is 3.32. The second-order valence-corrected chi connectivity index (χ2v) is 7.21. The van der Waals surface area contributed by atoms with E-state index in [1.54, 1.807) is 31.8 Å². The molecule has 0 saturated carbocycles. The average molecular weight is 377 g/mol. The lowest BCUT2D eigenvalue weighted by Gasteiger charge is -2.07. The molecule has 0 saturated heterocycles. The Bertz CT molecular complexity index is 1110. The van der Waals surface area contributed by atoms with Gasteiger partial charge in [0.05, 0.1) is 30.6 Å². The third-order valence-corrected chi connectivity index (χ3v) is 5.14. The van der Waals surface area contributed by atoms with Gasteiger partial charge in [-0.25, -0.2) is 4.98 Å². The Morgan fingerprint density at radius 2 is 1.74 bits per heavy atom. The SMILES string of the molecule is COc1cc(C)cc(Nc2nc3ccc(-c4cncc(OC)c4)cc3s2)c1. The van der Waals surface area contributed by atoms with Gasteiger partial charge in [-0.15, -0.1) is 0 Å². The Balaban J connectivity index is 1.65. The van der Waals surface area contributed by atoms with E-state index in [4.69, 9.17) is 9.47 Å². The van der Waals surface area contributed by atoms with Crippen molar-refractivity contribution in [2.75, 3.05) is 19.5 Å². The van der Waals surface area contributed by atoms with E-state index >= 15 is 0 Å². The molecule has 0 aliphatic carbocycles. The number of hydrogen-bond donors (Lipinski definition) is 1. The third kappa shape index (κ3) is 3.71. The number of pyridine rings is 1. The first kappa shape index (κ1) is 17.3. The number of aryl methyl sites for hydroxylation is 1. The molecule has 0 bridgehead atoms. The Morgan fingerprint density at radius 1 is 0.889 bits per heavy atom. The Morgan fingerprint density at radius 3 is 2.56 bits per heavy atom. The van der Waals surface area contributed by atoms with Crippen molar-refractivity contribution in [1.29, 1.82) is 0 Å². The summed E-state index contributed by atoms with van der Waals surface area (Å²) in [6, 6.07) is 14.2. The van der Waals surface area contributed by atoms with Crippen LogP contribution >= 0.6 is 11.3 Å². The molecule has 2 heterocycles. The van der Waals surface area contributed by atoms with Crippen LogP contribution in [0.25, 0.3) is 21.3 Å². The van der Waals surface area contributed by atoms with Gasteiger partial charge in [-0.3, -0.25) is 4.98 Å². The van der Waals surface area contributed by atoms with E-state index in [0.29, 0.717) is 0 Å². The van der Waals surface area contributed by atoms with Crippen molar-refractivity contribution in [2.24, 2.45) is 0 Å². The molecule has 0 spiro atoms. The summed E-state index contributed by atoms with van der Waals surface area (Å²) in [5.74, 6) is 1.57. The molecule has 4 aromatic rings. The zero-order chi connectivity index (χ0) is 18.8. The van der Waals surface area contributed by atoms with E-state index in [-0.39, 0.29) is 0 Å². The fraction of sp³-hybridized carbons (Fsp3) is 0.143. The van der Waals surface area contributed by atoms with Crippen molar-refractivity contribution in [1.82, 2.24) is 9.97 Å². The number of thiazole rings is 1. The first-order valence-electron chi connectivity index (χ1n) is 8.47. The topological polar surface area (TPSA) is 56.3 Å². The van der Waals surface area contributed by atoms with Crippen LogP contribution in [-0.4, -0.2) is 24.2 Å². The Hall–Kier alpha value is -3.12. The van der Waals surface area contributed by atoms with Crippen LogP contribution in [0.4, 0.5) is 10.8 Å². The van der Waals surface area contributed by atoms with Crippen LogP contribution in [0.2, 0.25) is 0 Å². The number of hydrogen-bond acceptors (Lipinski definition) is 6. The molecule has 2 aromatic carbocycles. The summed E-state index contributed by atoms with van der Waals surface area (Å²) in [5.41, 5.74) is 5.15. The molecular weight excluding hydrogens is 358 g/mol. The second kappa shape index (κ2) is 7.25. The van der Waals surface area contributed by atoms with E-state index in [1.807, 2.05) is 37.4 Å². The molecule has 0 radical (unpaired) electrons. The minimum absolute atomic E-state index is 0.743. The van der Waals surface area contributed by atoms with Crippen molar-refractivity contribution in [3.8, 4) is 22.6 Å². The molecule has 0 atom stereocenters. The van der Waals surface area contributed by atoms with E-state index in [1.165, 1.54) is 0 Å².